The lowest BCUT2D eigenvalue weighted by atomic mass is 9.95. The van der Waals surface area contributed by atoms with E-state index in [1.807, 2.05) is 6.92 Å². The third-order valence-corrected chi connectivity index (χ3v) is 5.31. The first-order valence-electron chi connectivity index (χ1n) is 10.0. The van der Waals surface area contributed by atoms with Crippen LogP contribution in [0.4, 0.5) is 8.78 Å². The average molecular weight is 489 g/mol. The third-order valence-electron chi connectivity index (χ3n) is 5.10. The fourth-order valence-corrected chi connectivity index (χ4v) is 3.81. The molecule has 0 bridgehead atoms. The van der Waals surface area contributed by atoms with E-state index in [9.17, 15) is 13.6 Å². The topological polar surface area (TPSA) is 108 Å². The van der Waals surface area contributed by atoms with Gasteiger partial charge in [0.05, 0.1) is 30.6 Å². The van der Waals surface area contributed by atoms with Crippen molar-refractivity contribution in [2.45, 2.75) is 12.8 Å². The van der Waals surface area contributed by atoms with Gasteiger partial charge >= 0.3 is 0 Å². The van der Waals surface area contributed by atoms with E-state index in [1.165, 1.54) is 13.2 Å². The molecule has 0 aliphatic heterocycles. The van der Waals surface area contributed by atoms with E-state index in [4.69, 9.17) is 20.9 Å². The fraction of sp³-hybridized carbons (Fsp3) is 0.227. The molecule has 0 aliphatic rings. The molecule has 4 heterocycles. The molecular formula is C22H19ClF2N6O3. The average Bonchev–Trinajstić information content (AvgIpc) is 3.38. The maximum Gasteiger partial charge on any atom is 0.273 e. The molecule has 176 valence electrons. The maximum atomic E-state index is 14.0. The second kappa shape index (κ2) is 9.56. The van der Waals surface area contributed by atoms with Gasteiger partial charge in [-0.25, -0.2) is 23.4 Å². The summed E-state index contributed by atoms with van der Waals surface area (Å²) in [5, 5.41) is 11.2. The van der Waals surface area contributed by atoms with Crippen molar-refractivity contribution in [3.63, 3.8) is 0 Å². The molecule has 4 aromatic heterocycles. The Labute approximate surface area is 197 Å². The molecule has 34 heavy (non-hydrogen) atoms. The summed E-state index contributed by atoms with van der Waals surface area (Å²) in [6.45, 7) is 1.92. The zero-order chi connectivity index (χ0) is 24.4. The summed E-state index contributed by atoms with van der Waals surface area (Å²) in [6, 6.07) is 7.07. The zero-order valence-corrected chi connectivity index (χ0v) is 19.1. The van der Waals surface area contributed by atoms with Gasteiger partial charge in [0.1, 0.15) is 16.7 Å². The van der Waals surface area contributed by atoms with Gasteiger partial charge in [0.25, 0.3) is 5.91 Å². The molecule has 1 amide bonds. The van der Waals surface area contributed by atoms with Gasteiger partial charge in [-0.3, -0.25) is 4.79 Å². The monoisotopic (exact) mass is 488 g/mol. The molecule has 1 unspecified atom stereocenters. The van der Waals surface area contributed by atoms with Gasteiger partial charge in [0.2, 0.25) is 5.88 Å². The molecule has 0 fully saturated rings. The normalized spacial score (nSPS) is 11.9. The number of hydrogen-bond donors (Lipinski definition) is 1. The van der Waals surface area contributed by atoms with Gasteiger partial charge in [-0.15, -0.1) is 0 Å². The number of amides is 1. The standard InChI is InChI=1S/C22H19ClF2N6O3/c1-11-19(22(33-3)31(2)29-11)13(15-5-4-6-18(23)28-15)10-27-21(32)16-8-17(34-30-16)20-14(25)7-12(24)9-26-20/h4-9,13H,10H2,1-3H3,(H,27,32). The lowest BCUT2D eigenvalue weighted by molar-refractivity contribution is 0.0943. The minimum Gasteiger partial charge on any atom is -0.481 e. The number of carbonyl (C=O) groups is 1. The van der Waals surface area contributed by atoms with Crippen molar-refractivity contribution in [3.05, 3.63) is 76.0 Å². The smallest absolute Gasteiger partial charge is 0.273 e. The molecule has 0 aromatic carbocycles. The number of nitrogens with zero attached hydrogens (tertiary/aromatic N) is 5. The van der Waals surface area contributed by atoms with Crippen molar-refractivity contribution in [3.8, 4) is 17.3 Å². The minimum atomic E-state index is -0.936. The Morgan fingerprint density at radius 2 is 2.12 bits per heavy atom. The molecule has 0 radical (unpaired) electrons. The number of ether oxygens (including phenoxy) is 1. The predicted molar refractivity (Wildman–Crippen MR) is 118 cm³/mol. The Kier molecular flexibility index (Phi) is 6.55. The summed E-state index contributed by atoms with van der Waals surface area (Å²) >= 11 is 6.10. The summed E-state index contributed by atoms with van der Waals surface area (Å²) in [5.41, 5.74) is 1.67. The number of pyridine rings is 2. The SMILES string of the molecule is COc1c(C(CNC(=O)c2cc(-c3ncc(F)cc3F)on2)c2cccc(Cl)n2)c(C)nn1C. The highest BCUT2D eigenvalue weighted by Crippen LogP contribution is 2.33. The summed E-state index contributed by atoms with van der Waals surface area (Å²) in [5.74, 6) is -2.39. The van der Waals surface area contributed by atoms with Crippen LogP contribution in [0, 0.1) is 18.6 Å². The Hall–Kier alpha value is -3.86. The highest BCUT2D eigenvalue weighted by molar-refractivity contribution is 6.29. The van der Waals surface area contributed by atoms with Crippen LogP contribution >= 0.6 is 11.6 Å². The van der Waals surface area contributed by atoms with E-state index in [2.05, 4.69) is 25.5 Å². The van der Waals surface area contributed by atoms with Crippen LogP contribution in [-0.4, -0.2) is 44.5 Å². The fourth-order valence-electron chi connectivity index (χ4n) is 3.64. The summed E-state index contributed by atoms with van der Waals surface area (Å²) in [7, 11) is 3.27. The maximum absolute atomic E-state index is 14.0. The van der Waals surface area contributed by atoms with Crippen molar-refractivity contribution < 1.29 is 22.8 Å². The van der Waals surface area contributed by atoms with Gasteiger partial charge < -0.3 is 14.6 Å². The van der Waals surface area contributed by atoms with Gasteiger partial charge in [0.15, 0.2) is 17.3 Å². The van der Waals surface area contributed by atoms with Crippen LogP contribution in [0.1, 0.15) is 33.4 Å². The molecule has 1 atom stereocenters. The number of hydrogen-bond acceptors (Lipinski definition) is 7. The number of rotatable bonds is 7. The number of nitrogens with one attached hydrogen (secondary N) is 1. The Bertz CT molecular complexity index is 1360. The van der Waals surface area contributed by atoms with Crippen molar-refractivity contribution in [2.75, 3.05) is 13.7 Å². The van der Waals surface area contributed by atoms with Crippen LogP contribution in [0.25, 0.3) is 11.5 Å². The van der Waals surface area contributed by atoms with Gasteiger partial charge in [-0.2, -0.15) is 5.10 Å². The number of aromatic nitrogens is 5. The molecule has 0 saturated carbocycles. The molecule has 9 nitrogen and oxygen atoms in total. The first kappa shape index (κ1) is 23.3. The van der Waals surface area contributed by atoms with Crippen molar-refractivity contribution in [1.82, 2.24) is 30.2 Å². The van der Waals surface area contributed by atoms with Crippen LogP contribution in [0.5, 0.6) is 5.88 Å². The molecule has 4 aromatic rings. The Morgan fingerprint density at radius 3 is 2.82 bits per heavy atom. The molecular weight excluding hydrogens is 470 g/mol. The molecule has 0 spiro atoms. The number of carbonyl (C=O) groups excluding carboxylic acids is 1. The van der Waals surface area contributed by atoms with Crippen LogP contribution in [0.2, 0.25) is 5.15 Å². The van der Waals surface area contributed by atoms with E-state index in [0.717, 1.165) is 11.8 Å². The van der Waals surface area contributed by atoms with E-state index in [1.54, 1.807) is 29.9 Å². The van der Waals surface area contributed by atoms with Crippen LogP contribution in [-0.2, 0) is 7.05 Å². The molecule has 1 N–H and O–H groups in total. The highest BCUT2D eigenvalue weighted by atomic mass is 35.5. The van der Waals surface area contributed by atoms with Crippen molar-refractivity contribution in [2.24, 2.45) is 7.05 Å². The second-order valence-electron chi connectivity index (χ2n) is 7.34. The van der Waals surface area contributed by atoms with Crippen LogP contribution < -0.4 is 10.1 Å². The van der Waals surface area contributed by atoms with Gasteiger partial charge in [-0.05, 0) is 19.1 Å². The second-order valence-corrected chi connectivity index (χ2v) is 7.73. The molecule has 0 saturated heterocycles. The lowest BCUT2D eigenvalue weighted by Gasteiger charge is -2.18. The predicted octanol–water partition coefficient (Wildman–Crippen LogP) is 3.68. The van der Waals surface area contributed by atoms with E-state index >= 15 is 0 Å². The number of methoxy groups -OCH3 is 1. The zero-order valence-electron chi connectivity index (χ0n) is 18.3. The quantitative estimate of drug-likeness (QED) is 0.395. The summed E-state index contributed by atoms with van der Waals surface area (Å²) in [6.07, 6.45) is 0.840. The van der Waals surface area contributed by atoms with Gasteiger partial charge in [0, 0.05) is 31.3 Å². The van der Waals surface area contributed by atoms with Crippen molar-refractivity contribution >= 4 is 17.5 Å². The highest BCUT2D eigenvalue weighted by Gasteiger charge is 2.27. The first-order chi connectivity index (χ1) is 16.3. The van der Waals surface area contributed by atoms with E-state index < -0.39 is 23.5 Å². The molecule has 12 heteroatoms. The summed E-state index contributed by atoms with van der Waals surface area (Å²) < 4.78 is 39.3. The first-order valence-corrected chi connectivity index (χ1v) is 10.4. The summed E-state index contributed by atoms with van der Waals surface area (Å²) in [4.78, 5) is 20.8. The van der Waals surface area contributed by atoms with Crippen LogP contribution in [0.3, 0.4) is 0 Å². The third kappa shape index (κ3) is 4.60. The molecule has 4 rings (SSSR count). The van der Waals surface area contributed by atoms with Crippen molar-refractivity contribution in [1.29, 1.82) is 0 Å². The van der Waals surface area contributed by atoms with E-state index in [0.29, 0.717) is 28.5 Å². The largest absolute Gasteiger partial charge is 0.481 e. The Balaban J connectivity index is 1.60. The lowest BCUT2D eigenvalue weighted by Crippen LogP contribution is -2.29. The minimum absolute atomic E-state index is 0.0976. The Morgan fingerprint density at radius 1 is 1.32 bits per heavy atom. The number of halogens is 3. The number of aryl methyl sites for hydroxylation is 2. The van der Waals surface area contributed by atoms with Crippen LogP contribution in [0.15, 0.2) is 41.1 Å². The molecule has 0 aliphatic carbocycles. The van der Waals surface area contributed by atoms with E-state index in [-0.39, 0.29) is 23.7 Å². The van der Waals surface area contributed by atoms with Gasteiger partial charge in [-0.1, -0.05) is 22.8 Å².